The Morgan fingerprint density at radius 2 is 1.93 bits per heavy atom. The van der Waals surface area contributed by atoms with Gasteiger partial charge in [0.1, 0.15) is 23.4 Å². The second-order valence-corrected chi connectivity index (χ2v) is 6.15. The van der Waals surface area contributed by atoms with Crippen molar-refractivity contribution in [3.8, 4) is 17.3 Å². The highest BCUT2D eigenvalue weighted by atomic mass is 35.5. The highest BCUT2D eigenvalue weighted by Crippen LogP contribution is 2.21. The maximum absolute atomic E-state index is 8.80. The first kappa shape index (κ1) is 17.6. The van der Waals surface area contributed by atoms with Crippen molar-refractivity contribution in [2.75, 3.05) is 23.7 Å². The lowest BCUT2D eigenvalue weighted by molar-refractivity contribution is 0.905. The van der Waals surface area contributed by atoms with Crippen LogP contribution in [0, 0.1) is 11.3 Å². The number of hydrogen-bond acceptors (Lipinski definition) is 8. The fraction of sp³-hybridized carbons (Fsp3) is 0.111. The first-order valence-electron chi connectivity index (χ1n) is 8.39. The van der Waals surface area contributed by atoms with Crippen molar-refractivity contribution < 1.29 is 0 Å². The lowest BCUT2D eigenvalue weighted by Crippen LogP contribution is -2.17. The summed E-state index contributed by atoms with van der Waals surface area (Å²) in [4.78, 5) is 17.1. The molecule has 4 heterocycles. The number of aromatic nitrogens is 6. The predicted octanol–water partition coefficient (Wildman–Crippen LogP) is 2.63. The van der Waals surface area contributed by atoms with E-state index in [4.69, 9.17) is 16.9 Å². The van der Waals surface area contributed by atoms with Crippen molar-refractivity contribution in [2.24, 2.45) is 0 Å². The Morgan fingerprint density at radius 3 is 2.68 bits per heavy atom. The standard InChI is InChI=1S/C18H14ClN9/c19-15-3-2-13(10-23-15)14-7-17-25-11-26-28(17)18(27-14)22-6-5-21-16-4-1-12(8-20)9-24-16/h1-4,7,9-11H,5-6H2,(H,21,24)(H,22,27). The van der Waals surface area contributed by atoms with Gasteiger partial charge in [-0.15, -0.1) is 0 Å². The van der Waals surface area contributed by atoms with E-state index in [0.717, 1.165) is 5.56 Å². The molecule has 0 bridgehead atoms. The molecule has 10 heteroatoms. The topological polar surface area (TPSA) is 117 Å². The number of hydrogen-bond donors (Lipinski definition) is 2. The van der Waals surface area contributed by atoms with Gasteiger partial charge in [-0.2, -0.15) is 14.9 Å². The number of nitrogens with zero attached hydrogens (tertiary/aromatic N) is 7. The van der Waals surface area contributed by atoms with E-state index >= 15 is 0 Å². The number of pyridine rings is 2. The van der Waals surface area contributed by atoms with Gasteiger partial charge in [0.25, 0.3) is 0 Å². The second kappa shape index (κ2) is 7.85. The van der Waals surface area contributed by atoms with E-state index < -0.39 is 0 Å². The Balaban J connectivity index is 1.47. The van der Waals surface area contributed by atoms with Gasteiger partial charge in [-0.05, 0) is 24.3 Å². The Hall–Kier alpha value is -3.77. The van der Waals surface area contributed by atoms with E-state index in [1.807, 2.05) is 18.2 Å². The van der Waals surface area contributed by atoms with Crippen LogP contribution in [0.15, 0.2) is 49.1 Å². The largest absolute Gasteiger partial charge is 0.368 e. The van der Waals surface area contributed by atoms with Gasteiger partial charge in [0.15, 0.2) is 5.65 Å². The Morgan fingerprint density at radius 1 is 1.04 bits per heavy atom. The number of anilines is 2. The highest BCUT2D eigenvalue weighted by Gasteiger charge is 2.09. The van der Waals surface area contributed by atoms with Gasteiger partial charge in [0.05, 0.1) is 11.3 Å². The van der Waals surface area contributed by atoms with E-state index in [9.17, 15) is 0 Å². The van der Waals surface area contributed by atoms with Crippen LogP contribution in [-0.2, 0) is 0 Å². The van der Waals surface area contributed by atoms with Crippen LogP contribution >= 0.6 is 11.6 Å². The number of halogens is 1. The molecule has 0 saturated carbocycles. The fourth-order valence-electron chi connectivity index (χ4n) is 2.55. The average Bonchev–Trinajstić information content (AvgIpc) is 3.21. The summed E-state index contributed by atoms with van der Waals surface area (Å²) in [7, 11) is 0. The van der Waals surface area contributed by atoms with Gasteiger partial charge >= 0.3 is 0 Å². The molecule has 2 N–H and O–H groups in total. The molecule has 0 spiro atoms. The zero-order valence-electron chi connectivity index (χ0n) is 14.5. The molecule has 28 heavy (non-hydrogen) atoms. The van der Waals surface area contributed by atoms with Crippen molar-refractivity contribution in [1.82, 2.24) is 29.5 Å². The minimum atomic E-state index is 0.424. The van der Waals surface area contributed by atoms with Crippen LogP contribution in [0.3, 0.4) is 0 Å². The van der Waals surface area contributed by atoms with Crippen molar-refractivity contribution in [3.05, 3.63) is 59.8 Å². The molecule has 0 radical (unpaired) electrons. The fourth-order valence-corrected chi connectivity index (χ4v) is 2.66. The monoisotopic (exact) mass is 391 g/mol. The first-order valence-corrected chi connectivity index (χ1v) is 8.77. The van der Waals surface area contributed by atoms with Gasteiger partial charge in [-0.3, -0.25) is 0 Å². The molecule has 0 fully saturated rings. The summed E-state index contributed by atoms with van der Waals surface area (Å²) in [5, 5.41) is 19.9. The molecule has 0 aromatic carbocycles. The molecule has 0 amide bonds. The zero-order chi connectivity index (χ0) is 19.3. The number of nitrogens with one attached hydrogen (secondary N) is 2. The molecule has 0 aliphatic rings. The molecular formula is C18H14ClN9. The summed E-state index contributed by atoms with van der Waals surface area (Å²) in [6, 6.07) is 10.9. The Bertz CT molecular complexity index is 1130. The lowest BCUT2D eigenvalue weighted by Gasteiger charge is -2.10. The zero-order valence-corrected chi connectivity index (χ0v) is 15.3. The molecule has 0 unspecified atom stereocenters. The molecule has 4 aromatic rings. The van der Waals surface area contributed by atoms with Crippen LogP contribution in [0.25, 0.3) is 16.9 Å². The average molecular weight is 392 g/mol. The maximum atomic E-state index is 8.80. The normalized spacial score (nSPS) is 10.6. The van der Waals surface area contributed by atoms with Gasteiger partial charge < -0.3 is 10.6 Å². The van der Waals surface area contributed by atoms with E-state index in [0.29, 0.717) is 46.9 Å². The predicted molar refractivity (Wildman–Crippen MR) is 105 cm³/mol. The summed E-state index contributed by atoms with van der Waals surface area (Å²) in [6.45, 7) is 1.18. The van der Waals surface area contributed by atoms with E-state index in [-0.39, 0.29) is 0 Å². The minimum absolute atomic E-state index is 0.424. The minimum Gasteiger partial charge on any atom is -0.368 e. The summed E-state index contributed by atoms with van der Waals surface area (Å²) >= 11 is 5.86. The molecule has 0 saturated heterocycles. The van der Waals surface area contributed by atoms with Crippen LogP contribution in [0.5, 0.6) is 0 Å². The van der Waals surface area contributed by atoms with Crippen LogP contribution in [0.1, 0.15) is 5.56 Å². The van der Waals surface area contributed by atoms with Crippen LogP contribution in [0.4, 0.5) is 11.8 Å². The van der Waals surface area contributed by atoms with Crippen LogP contribution < -0.4 is 10.6 Å². The third-order valence-electron chi connectivity index (χ3n) is 3.90. The molecule has 0 atom stereocenters. The first-order chi connectivity index (χ1) is 13.7. The molecular weight excluding hydrogens is 378 g/mol. The van der Waals surface area contributed by atoms with Crippen molar-refractivity contribution >= 4 is 29.0 Å². The number of nitriles is 1. The summed E-state index contributed by atoms with van der Waals surface area (Å²) in [5.41, 5.74) is 2.74. The quantitative estimate of drug-likeness (QED) is 0.380. The van der Waals surface area contributed by atoms with Crippen molar-refractivity contribution in [2.45, 2.75) is 0 Å². The van der Waals surface area contributed by atoms with Crippen LogP contribution in [-0.4, -0.2) is 42.6 Å². The van der Waals surface area contributed by atoms with E-state index in [1.54, 1.807) is 28.9 Å². The Labute approximate surface area is 165 Å². The van der Waals surface area contributed by atoms with Gasteiger partial charge in [-0.25, -0.2) is 19.9 Å². The summed E-state index contributed by atoms with van der Waals surface area (Å²) < 4.78 is 1.63. The highest BCUT2D eigenvalue weighted by molar-refractivity contribution is 6.29. The lowest BCUT2D eigenvalue weighted by atomic mass is 10.2. The van der Waals surface area contributed by atoms with E-state index in [1.165, 1.54) is 12.5 Å². The molecule has 9 nitrogen and oxygen atoms in total. The van der Waals surface area contributed by atoms with Crippen LogP contribution in [0.2, 0.25) is 5.15 Å². The number of rotatable bonds is 6. The third kappa shape index (κ3) is 3.82. The molecule has 4 rings (SSSR count). The molecule has 0 aliphatic carbocycles. The second-order valence-electron chi connectivity index (χ2n) is 5.76. The van der Waals surface area contributed by atoms with Gasteiger partial charge in [-0.1, -0.05) is 11.6 Å². The summed E-state index contributed by atoms with van der Waals surface area (Å²) in [5.74, 6) is 1.26. The number of fused-ring (bicyclic) bond motifs is 1. The van der Waals surface area contributed by atoms with E-state index in [2.05, 4.69) is 35.7 Å². The molecule has 4 aromatic heterocycles. The molecule has 0 aliphatic heterocycles. The van der Waals surface area contributed by atoms with Gasteiger partial charge in [0.2, 0.25) is 5.95 Å². The third-order valence-corrected chi connectivity index (χ3v) is 4.12. The summed E-state index contributed by atoms with van der Waals surface area (Å²) in [6.07, 6.45) is 4.67. The SMILES string of the molecule is N#Cc1ccc(NCCNc2nc(-c3ccc(Cl)nc3)cc3ncnn23)nc1. The maximum Gasteiger partial charge on any atom is 0.226 e. The van der Waals surface area contributed by atoms with Gasteiger partial charge in [0, 0.05) is 37.1 Å². The van der Waals surface area contributed by atoms with Crippen molar-refractivity contribution in [3.63, 3.8) is 0 Å². The smallest absolute Gasteiger partial charge is 0.226 e. The Kier molecular flexibility index (Phi) is 4.95. The molecule has 138 valence electrons. The van der Waals surface area contributed by atoms with Crippen molar-refractivity contribution in [1.29, 1.82) is 5.26 Å².